The number of carbonyl (C=O) groups is 2. The summed E-state index contributed by atoms with van der Waals surface area (Å²) < 4.78 is 11.5. The quantitative estimate of drug-likeness (QED) is 0.450. The van der Waals surface area contributed by atoms with Crippen molar-refractivity contribution in [2.75, 3.05) is 13.2 Å². The highest BCUT2D eigenvalue weighted by Crippen LogP contribution is 2.30. The molecule has 1 aliphatic heterocycles. The van der Waals surface area contributed by atoms with Gasteiger partial charge in [0.2, 0.25) is 5.82 Å². The lowest BCUT2D eigenvalue weighted by Crippen LogP contribution is -2.33. The van der Waals surface area contributed by atoms with Crippen LogP contribution in [0.3, 0.4) is 0 Å². The minimum Gasteiger partial charge on any atom is -0.460 e. The van der Waals surface area contributed by atoms with E-state index in [4.69, 9.17) is 20.3 Å². The summed E-state index contributed by atoms with van der Waals surface area (Å²) in [6, 6.07) is 0. The first-order valence-corrected chi connectivity index (χ1v) is 7.44. The highest BCUT2D eigenvalue weighted by molar-refractivity contribution is 5.93. The molecule has 1 saturated heterocycles. The standard InChI is InChI=1S/C14H21N3O7/c1-6(2)5-23-14(22)12-16-7(11(15)21)3-17(12)13-10(20)9(19)8(4-18)24-13/h3,6,8-10,13,18-20H,4-5H2,1-2H3,(H2,15,21)/t8-,9-,10-,13-/m1/s1. The number of esters is 1. The molecular weight excluding hydrogens is 322 g/mol. The van der Waals surface area contributed by atoms with E-state index in [0.717, 1.165) is 10.8 Å². The number of primary amides is 1. The largest absolute Gasteiger partial charge is 0.460 e. The predicted molar refractivity (Wildman–Crippen MR) is 78.9 cm³/mol. The third-order valence-electron chi connectivity index (χ3n) is 3.51. The van der Waals surface area contributed by atoms with Gasteiger partial charge in [-0.05, 0) is 5.92 Å². The SMILES string of the molecule is CC(C)COC(=O)c1nc(C(N)=O)cn1[C@@H]1O[C@H](CO)[C@@H](O)[C@H]1O. The van der Waals surface area contributed by atoms with Gasteiger partial charge in [0, 0.05) is 6.20 Å². The van der Waals surface area contributed by atoms with Gasteiger partial charge in [-0.15, -0.1) is 0 Å². The van der Waals surface area contributed by atoms with Gasteiger partial charge in [-0.1, -0.05) is 13.8 Å². The van der Waals surface area contributed by atoms with Crippen molar-refractivity contribution < 1.29 is 34.4 Å². The maximum Gasteiger partial charge on any atom is 0.374 e. The van der Waals surface area contributed by atoms with Crippen LogP contribution in [0.1, 0.15) is 41.2 Å². The molecule has 10 nitrogen and oxygen atoms in total. The Balaban J connectivity index is 2.34. The molecule has 2 heterocycles. The first-order chi connectivity index (χ1) is 11.3. The average molecular weight is 343 g/mol. The predicted octanol–water partition coefficient (Wildman–Crippen LogP) is -1.59. The number of aliphatic hydroxyl groups excluding tert-OH is 3. The fraction of sp³-hybridized carbons (Fsp3) is 0.643. The molecule has 4 atom stereocenters. The van der Waals surface area contributed by atoms with Gasteiger partial charge >= 0.3 is 5.97 Å². The smallest absolute Gasteiger partial charge is 0.374 e. The first kappa shape index (κ1) is 18.3. The zero-order valence-corrected chi connectivity index (χ0v) is 13.3. The van der Waals surface area contributed by atoms with Crippen LogP contribution in [0.2, 0.25) is 0 Å². The molecule has 2 rings (SSSR count). The van der Waals surface area contributed by atoms with Gasteiger partial charge in [-0.3, -0.25) is 9.36 Å². The lowest BCUT2D eigenvalue weighted by molar-refractivity contribution is -0.0543. The van der Waals surface area contributed by atoms with E-state index in [9.17, 15) is 19.8 Å². The van der Waals surface area contributed by atoms with E-state index >= 15 is 0 Å². The van der Waals surface area contributed by atoms with Crippen molar-refractivity contribution >= 4 is 11.9 Å². The molecule has 1 aromatic rings. The van der Waals surface area contributed by atoms with Crippen molar-refractivity contribution in [3.05, 3.63) is 17.7 Å². The minimum atomic E-state index is -1.44. The number of hydrogen-bond acceptors (Lipinski definition) is 8. The third kappa shape index (κ3) is 3.56. The van der Waals surface area contributed by atoms with Crippen molar-refractivity contribution in [1.29, 1.82) is 0 Å². The zero-order valence-electron chi connectivity index (χ0n) is 13.3. The number of nitrogens with zero attached hydrogens (tertiary/aromatic N) is 2. The Morgan fingerprint density at radius 2 is 2.08 bits per heavy atom. The molecule has 1 fully saturated rings. The van der Waals surface area contributed by atoms with Crippen LogP contribution in [0.25, 0.3) is 0 Å². The molecule has 0 aliphatic carbocycles. The van der Waals surface area contributed by atoms with Crippen LogP contribution >= 0.6 is 0 Å². The van der Waals surface area contributed by atoms with Gasteiger partial charge < -0.3 is 30.5 Å². The fourth-order valence-corrected chi connectivity index (χ4v) is 2.27. The van der Waals surface area contributed by atoms with Gasteiger partial charge in [0.05, 0.1) is 13.2 Å². The second-order valence-electron chi connectivity index (χ2n) is 5.94. The fourth-order valence-electron chi connectivity index (χ4n) is 2.27. The van der Waals surface area contributed by atoms with E-state index < -0.39 is 43.0 Å². The average Bonchev–Trinajstić information content (AvgIpc) is 3.08. The van der Waals surface area contributed by atoms with Crippen LogP contribution in [-0.4, -0.2) is 68.3 Å². The number of imidazole rings is 1. The maximum absolute atomic E-state index is 12.2. The Morgan fingerprint density at radius 3 is 2.58 bits per heavy atom. The molecule has 5 N–H and O–H groups in total. The van der Waals surface area contributed by atoms with Crippen molar-refractivity contribution in [1.82, 2.24) is 9.55 Å². The summed E-state index contributed by atoms with van der Waals surface area (Å²) in [5.74, 6) is -1.91. The van der Waals surface area contributed by atoms with Crippen LogP contribution in [-0.2, 0) is 9.47 Å². The summed E-state index contributed by atoms with van der Waals surface area (Å²) in [5.41, 5.74) is 4.95. The Kier molecular flexibility index (Phi) is 5.54. The molecule has 0 aromatic carbocycles. The van der Waals surface area contributed by atoms with Crippen molar-refractivity contribution in [2.24, 2.45) is 11.7 Å². The Labute approximate surface area is 137 Å². The summed E-state index contributed by atoms with van der Waals surface area (Å²) in [6.45, 7) is 3.30. The van der Waals surface area contributed by atoms with Gasteiger partial charge in [-0.25, -0.2) is 9.78 Å². The van der Waals surface area contributed by atoms with Crippen LogP contribution in [0.4, 0.5) is 0 Å². The van der Waals surface area contributed by atoms with Crippen LogP contribution < -0.4 is 5.73 Å². The molecular formula is C14H21N3O7. The number of ether oxygens (including phenoxy) is 2. The molecule has 134 valence electrons. The normalized spacial score (nSPS) is 26.8. The van der Waals surface area contributed by atoms with Crippen molar-refractivity contribution in [2.45, 2.75) is 38.4 Å². The maximum atomic E-state index is 12.2. The summed E-state index contributed by atoms with van der Waals surface area (Å²) in [6.07, 6.45) is -3.93. The Hall–Kier alpha value is -2.01. The number of hydrogen-bond donors (Lipinski definition) is 4. The van der Waals surface area contributed by atoms with E-state index in [1.165, 1.54) is 0 Å². The molecule has 0 unspecified atom stereocenters. The van der Waals surface area contributed by atoms with Crippen molar-refractivity contribution in [3.63, 3.8) is 0 Å². The van der Waals surface area contributed by atoms with E-state index in [-0.39, 0.29) is 24.0 Å². The number of amides is 1. The summed E-state index contributed by atoms with van der Waals surface area (Å²) in [7, 11) is 0. The molecule has 10 heteroatoms. The van der Waals surface area contributed by atoms with E-state index in [0.29, 0.717) is 0 Å². The Bertz CT molecular complexity index is 616. The highest BCUT2D eigenvalue weighted by atomic mass is 16.6. The van der Waals surface area contributed by atoms with E-state index in [1.807, 2.05) is 13.8 Å². The second-order valence-corrected chi connectivity index (χ2v) is 5.94. The van der Waals surface area contributed by atoms with Gasteiger partial charge in [-0.2, -0.15) is 0 Å². The Morgan fingerprint density at radius 1 is 1.42 bits per heavy atom. The second kappa shape index (κ2) is 7.26. The minimum absolute atomic E-state index is 0.0851. The number of rotatable bonds is 6. The lowest BCUT2D eigenvalue weighted by Gasteiger charge is -2.18. The third-order valence-corrected chi connectivity index (χ3v) is 3.51. The summed E-state index contributed by atoms with van der Waals surface area (Å²) in [5, 5.41) is 29.1. The topological polar surface area (TPSA) is 157 Å². The van der Waals surface area contributed by atoms with E-state index in [1.54, 1.807) is 0 Å². The van der Waals surface area contributed by atoms with Gasteiger partial charge in [0.15, 0.2) is 6.23 Å². The van der Waals surface area contributed by atoms with Crippen LogP contribution in [0, 0.1) is 5.92 Å². The number of aliphatic hydroxyl groups is 3. The zero-order chi connectivity index (χ0) is 18.0. The molecule has 1 aromatic heterocycles. The number of carbonyl (C=O) groups excluding carboxylic acids is 2. The molecule has 0 saturated carbocycles. The first-order valence-electron chi connectivity index (χ1n) is 7.44. The number of aromatic nitrogens is 2. The molecule has 24 heavy (non-hydrogen) atoms. The van der Waals surface area contributed by atoms with Crippen LogP contribution in [0.15, 0.2) is 6.20 Å². The van der Waals surface area contributed by atoms with E-state index in [2.05, 4.69) is 4.98 Å². The summed E-state index contributed by atoms with van der Waals surface area (Å²) >= 11 is 0. The molecule has 1 amide bonds. The molecule has 1 aliphatic rings. The highest BCUT2D eigenvalue weighted by Gasteiger charge is 2.45. The van der Waals surface area contributed by atoms with Gasteiger partial charge in [0.25, 0.3) is 5.91 Å². The van der Waals surface area contributed by atoms with Gasteiger partial charge in [0.1, 0.15) is 24.0 Å². The monoisotopic (exact) mass is 343 g/mol. The lowest BCUT2D eigenvalue weighted by atomic mass is 10.1. The molecule has 0 bridgehead atoms. The number of nitrogens with two attached hydrogens (primary N) is 1. The molecule has 0 spiro atoms. The van der Waals surface area contributed by atoms with Crippen molar-refractivity contribution in [3.8, 4) is 0 Å². The van der Waals surface area contributed by atoms with Crippen LogP contribution in [0.5, 0.6) is 0 Å². The summed E-state index contributed by atoms with van der Waals surface area (Å²) in [4.78, 5) is 27.4. The molecule has 0 radical (unpaired) electrons.